The molecule has 0 radical (unpaired) electrons. The highest BCUT2D eigenvalue weighted by atomic mass is 19.1. The molecular weight excluding hydrogens is 371 g/mol. The van der Waals surface area contributed by atoms with Crippen LogP contribution in [-0.2, 0) is 4.74 Å². The molecule has 1 atom stereocenters. The van der Waals surface area contributed by atoms with Gasteiger partial charge in [0.1, 0.15) is 5.60 Å². The Kier molecular flexibility index (Phi) is 5.26. The molecule has 1 aliphatic carbocycles. The first-order valence-electron chi connectivity index (χ1n) is 10.9. The van der Waals surface area contributed by atoms with Gasteiger partial charge in [-0.1, -0.05) is 12.1 Å². The van der Waals surface area contributed by atoms with Crippen LogP contribution in [0.5, 0.6) is 5.75 Å². The van der Waals surface area contributed by atoms with Crippen LogP contribution in [0.2, 0.25) is 0 Å². The van der Waals surface area contributed by atoms with Crippen LogP contribution in [0.3, 0.4) is 0 Å². The van der Waals surface area contributed by atoms with Crippen molar-refractivity contribution in [3.8, 4) is 5.75 Å². The van der Waals surface area contributed by atoms with E-state index < -0.39 is 11.4 Å². The normalized spacial score (nSPS) is 25.2. The zero-order valence-corrected chi connectivity index (χ0v) is 17.8. The highest BCUT2D eigenvalue weighted by molar-refractivity contribution is 5.69. The fraction of sp³-hybridized carbons (Fsp3) is 0.696. The monoisotopic (exact) mass is 404 g/mol. The van der Waals surface area contributed by atoms with Crippen molar-refractivity contribution < 1.29 is 19.0 Å². The summed E-state index contributed by atoms with van der Waals surface area (Å²) in [5.41, 5.74) is 0.567. The standard InChI is InChI=1S/C23H33FN2O3/c1-22(2,3)29-21(28)26-14-23(15-26)10-7-17(13-23)25-11-8-16(9-12-25)18-5-4-6-19(24)20(18)27/h4-6,16-17,27H,7-15H2,1-3H3/t17-/m1/s1. The minimum atomic E-state index is -0.526. The molecule has 0 unspecified atom stereocenters. The average Bonchev–Trinajstić information content (AvgIpc) is 3.07. The van der Waals surface area contributed by atoms with E-state index in [0.29, 0.717) is 6.04 Å². The number of phenols is 1. The van der Waals surface area contributed by atoms with Gasteiger partial charge in [-0.25, -0.2) is 9.18 Å². The zero-order valence-electron chi connectivity index (χ0n) is 17.8. The molecule has 1 amide bonds. The Balaban J connectivity index is 1.27. The molecule has 1 N–H and O–H groups in total. The number of hydrogen-bond acceptors (Lipinski definition) is 4. The Bertz CT molecular complexity index is 762. The molecule has 4 rings (SSSR count). The number of amides is 1. The predicted octanol–water partition coefficient (Wildman–Crippen LogP) is 4.50. The van der Waals surface area contributed by atoms with Crippen molar-refractivity contribution in [3.05, 3.63) is 29.6 Å². The lowest BCUT2D eigenvalue weighted by Crippen LogP contribution is -2.58. The highest BCUT2D eigenvalue weighted by Crippen LogP contribution is 2.48. The van der Waals surface area contributed by atoms with Crippen LogP contribution in [0.25, 0.3) is 0 Å². The van der Waals surface area contributed by atoms with Gasteiger partial charge in [-0.2, -0.15) is 0 Å². The second-order valence-electron chi connectivity index (χ2n) is 10.2. The summed E-state index contributed by atoms with van der Waals surface area (Å²) in [5, 5.41) is 10.0. The minimum Gasteiger partial charge on any atom is -0.505 e. The third-order valence-electron chi connectivity index (χ3n) is 6.88. The van der Waals surface area contributed by atoms with Gasteiger partial charge >= 0.3 is 6.09 Å². The lowest BCUT2D eigenvalue weighted by atomic mass is 9.78. The van der Waals surface area contributed by atoms with Gasteiger partial charge in [-0.15, -0.1) is 0 Å². The first kappa shape index (κ1) is 20.5. The molecule has 3 fully saturated rings. The molecule has 2 heterocycles. The van der Waals surface area contributed by atoms with Gasteiger partial charge in [-0.05, 0) is 77.9 Å². The SMILES string of the molecule is CC(C)(C)OC(=O)N1CC2(CC[C@@H](N3CCC(c4cccc(F)c4O)CC3)C2)C1. The van der Waals surface area contributed by atoms with Gasteiger partial charge in [0.2, 0.25) is 0 Å². The van der Waals surface area contributed by atoms with E-state index in [0.717, 1.165) is 51.0 Å². The Labute approximate surface area is 172 Å². The second-order valence-corrected chi connectivity index (χ2v) is 10.2. The lowest BCUT2D eigenvalue weighted by Gasteiger charge is -2.48. The van der Waals surface area contributed by atoms with E-state index in [1.165, 1.54) is 18.9 Å². The maximum atomic E-state index is 13.7. The number of aromatic hydroxyl groups is 1. The topological polar surface area (TPSA) is 53.0 Å². The number of carbonyl (C=O) groups excluding carboxylic acids is 1. The molecular formula is C23H33FN2O3. The molecule has 3 aliphatic rings. The van der Waals surface area contributed by atoms with E-state index in [-0.39, 0.29) is 23.2 Å². The molecule has 160 valence electrons. The Morgan fingerprint density at radius 1 is 1.21 bits per heavy atom. The third-order valence-corrected chi connectivity index (χ3v) is 6.88. The maximum Gasteiger partial charge on any atom is 0.410 e. The number of hydrogen-bond donors (Lipinski definition) is 1. The summed E-state index contributed by atoms with van der Waals surface area (Å²) in [4.78, 5) is 16.6. The maximum absolute atomic E-state index is 13.7. The van der Waals surface area contributed by atoms with E-state index >= 15 is 0 Å². The molecule has 2 saturated heterocycles. The van der Waals surface area contributed by atoms with Crippen LogP contribution in [-0.4, -0.2) is 58.8 Å². The number of ether oxygens (including phenoxy) is 1. The van der Waals surface area contributed by atoms with Crippen LogP contribution in [0, 0.1) is 11.2 Å². The van der Waals surface area contributed by atoms with E-state index in [2.05, 4.69) is 4.90 Å². The average molecular weight is 405 g/mol. The molecule has 1 saturated carbocycles. The van der Waals surface area contributed by atoms with Crippen molar-refractivity contribution in [1.82, 2.24) is 9.80 Å². The number of benzene rings is 1. The van der Waals surface area contributed by atoms with E-state index in [4.69, 9.17) is 4.74 Å². The fourth-order valence-electron chi connectivity index (χ4n) is 5.43. The number of para-hydroxylation sites is 1. The van der Waals surface area contributed by atoms with E-state index in [1.54, 1.807) is 6.07 Å². The summed E-state index contributed by atoms with van der Waals surface area (Å²) in [6, 6.07) is 5.41. The van der Waals surface area contributed by atoms with Gasteiger partial charge < -0.3 is 19.6 Å². The van der Waals surface area contributed by atoms with Crippen molar-refractivity contribution in [2.45, 2.75) is 70.4 Å². The number of piperidine rings is 1. The Morgan fingerprint density at radius 2 is 1.90 bits per heavy atom. The molecule has 0 bridgehead atoms. The van der Waals surface area contributed by atoms with Crippen LogP contribution in [0.4, 0.5) is 9.18 Å². The number of phenolic OH excluding ortho intramolecular Hbond substituents is 1. The largest absolute Gasteiger partial charge is 0.505 e. The number of rotatable bonds is 2. The van der Waals surface area contributed by atoms with Gasteiger partial charge in [0, 0.05) is 30.1 Å². The summed E-state index contributed by atoms with van der Waals surface area (Å²) < 4.78 is 19.2. The molecule has 1 spiro atoms. The minimum absolute atomic E-state index is 0.178. The second kappa shape index (κ2) is 7.46. The van der Waals surface area contributed by atoms with Crippen LogP contribution >= 0.6 is 0 Å². The lowest BCUT2D eigenvalue weighted by molar-refractivity contribution is -0.0347. The van der Waals surface area contributed by atoms with Crippen LogP contribution in [0.1, 0.15) is 64.4 Å². The highest BCUT2D eigenvalue weighted by Gasteiger charge is 2.51. The fourth-order valence-corrected chi connectivity index (χ4v) is 5.43. The van der Waals surface area contributed by atoms with Crippen molar-refractivity contribution >= 4 is 6.09 Å². The van der Waals surface area contributed by atoms with Gasteiger partial charge in [-0.3, -0.25) is 0 Å². The number of carbonyl (C=O) groups is 1. The summed E-state index contributed by atoms with van der Waals surface area (Å²) >= 11 is 0. The number of nitrogens with zero attached hydrogens (tertiary/aromatic N) is 2. The summed E-state index contributed by atoms with van der Waals surface area (Å²) in [7, 11) is 0. The van der Waals surface area contributed by atoms with Crippen molar-refractivity contribution in [2.75, 3.05) is 26.2 Å². The summed E-state index contributed by atoms with van der Waals surface area (Å²) in [6.45, 7) is 9.30. The van der Waals surface area contributed by atoms with Gasteiger partial charge in [0.05, 0.1) is 0 Å². The summed E-state index contributed by atoms with van der Waals surface area (Å²) in [5.74, 6) is -0.478. The van der Waals surface area contributed by atoms with Gasteiger partial charge in [0.25, 0.3) is 0 Å². The molecule has 29 heavy (non-hydrogen) atoms. The summed E-state index contributed by atoms with van der Waals surface area (Å²) in [6.07, 6.45) is 5.19. The van der Waals surface area contributed by atoms with Crippen molar-refractivity contribution in [1.29, 1.82) is 0 Å². The van der Waals surface area contributed by atoms with Crippen LogP contribution < -0.4 is 0 Å². The first-order valence-corrected chi connectivity index (χ1v) is 10.9. The molecule has 5 nitrogen and oxygen atoms in total. The van der Waals surface area contributed by atoms with Crippen LogP contribution in [0.15, 0.2) is 18.2 Å². The number of halogens is 1. The smallest absolute Gasteiger partial charge is 0.410 e. The van der Waals surface area contributed by atoms with Gasteiger partial charge in [0.15, 0.2) is 11.6 Å². The molecule has 1 aromatic rings. The Hall–Kier alpha value is -1.82. The number of likely N-dealkylation sites (tertiary alicyclic amines) is 2. The van der Waals surface area contributed by atoms with Crippen molar-refractivity contribution in [3.63, 3.8) is 0 Å². The predicted molar refractivity (Wildman–Crippen MR) is 109 cm³/mol. The van der Waals surface area contributed by atoms with Crippen molar-refractivity contribution in [2.24, 2.45) is 5.41 Å². The molecule has 6 heteroatoms. The third kappa shape index (κ3) is 4.23. The van der Waals surface area contributed by atoms with E-state index in [9.17, 15) is 14.3 Å². The zero-order chi connectivity index (χ0) is 20.8. The molecule has 2 aliphatic heterocycles. The first-order chi connectivity index (χ1) is 13.7. The molecule has 0 aromatic heterocycles. The molecule has 1 aromatic carbocycles. The quantitative estimate of drug-likeness (QED) is 0.789. The van der Waals surface area contributed by atoms with E-state index in [1.807, 2.05) is 31.7 Å². The Morgan fingerprint density at radius 3 is 2.55 bits per heavy atom.